The van der Waals surface area contributed by atoms with Gasteiger partial charge in [-0.2, -0.15) is 0 Å². The Morgan fingerprint density at radius 1 is 1.18 bits per heavy atom. The minimum Gasteiger partial charge on any atom is -0.310 e. The van der Waals surface area contributed by atoms with Crippen molar-refractivity contribution in [2.75, 3.05) is 7.05 Å². The van der Waals surface area contributed by atoms with E-state index in [-0.39, 0.29) is 23.5 Å². The number of likely N-dealkylation sites (N-methyl/N-ethyl adjacent to an activating group) is 1. The molecule has 2 atom stereocenters. The zero-order valence-electron chi connectivity index (χ0n) is 7.47. The molecule has 0 aromatic heterocycles. The second-order valence-electron chi connectivity index (χ2n) is 2.78. The third-order valence-electron chi connectivity index (χ3n) is 1.89. The molecule has 0 aromatic carbocycles. The molecule has 2 unspecified atom stereocenters. The summed E-state index contributed by atoms with van der Waals surface area (Å²) < 4.78 is 0. The van der Waals surface area contributed by atoms with Gasteiger partial charge in [-0.05, 0) is 20.9 Å². The summed E-state index contributed by atoms with van der Waals surface area (Å²) >= 11 is 0. The van der Waals surface area contributed by atoms with Gasteiger partial charge in [0.15, 0.2) is 0 Å². The minimum atomic E-state index is -0.326. The maximum absolute atomic E-state index is 10.9. The second-order valence-corrected chi connectivity index (χ2v) is 2.78. The lowest BCUT2D eigenvalue weighted by Gasteiger charge is -2.17. The molecule has 1 N–H and O–H groups in total. The predicted molar refractivity (Wildman–Crippen MR) is 43.4 cm³/mol. The molecule has 0 saturated carbocycles. The normalized spacial score (nSPS) is 15.6. The van der Waals surface area contributed by atoms with Crippen molar-refractivity contribution in [2.45, 2.75) is 26.8 Å². The molecule has 64 valence electrons. The Morgan fingerprint density at radius 2 is 1.64 bits per heavy atom. The summed E-state index contributed by atoms with van der Waals surface area (Å²) in [6.45, 7) is 4.74. The van der Waals surface area contributed by atoms with Gasteiger partial charge >= 0.3 is 0 Å². The number of hydrogen-bond donors (Lipinski definition) is 1. The number of rotatable bonds is 4. The van der Waals surface area contributed by atoms with Crippen LogP contribution in [0.1, 0.15) is 20.8 Å². The molecule has 0 bridgehead atoms. The van der Waals surface area contributed by atoms with E-state index in [1.165, 1.54) is 13.8 Å². The minimum absolute atomic E-state index is 0.00944. The Balaban J connectivity index is 4.25. The van der Waals surface area contributed by atoms with Crippen LogP contribution < -0.4 is 5.32 Å². The van der Waals surface area contributed by atoms with Gasteiger partial charge in [-0.1, -0.05) is 6.92 Å². The Bertz CT molecular complexity index is 165. The molecular weight excluding hydrogens is 142 g/mol. The quantitative estimate of drug-likeness (QED) is 0.642. The Hall–Kier alpha value is -0.700. The highest BCUT2D eigenvalue weighted by molar-refractivity contribution is 5.89. The topological polar surface area (TPSA) is 46.2 Å². The van der Waals surface area contributed by atoms with Crippen molar-refractivity contribution in [3.8, 4) is 0 Å². The fraction of sp³-hybridized carbons (Fsp3) is 0.750. The van der Waals surface area contributed by atoms with Crippen LogP contribution in [0, 0.1) is 5.92 Å². The van der Waals surface area contributed by atoms with Crippen molar-refractivity contribution < 1.29 is 9.59 Å². The van der Waals surface area contributed by atoms with E-state index in [0.29, 0.717) is 0 Å². The highest BCUT2D eigenvalue weighted by atomic mass is 16.1. The van der Waals surface area contributed by atoms with Crippen LogP contribution >= 0.6 is 0 Å². The molecule has 0 aromatic rings. The van der Waals surface area contributed by atoms with Crippen molar-refractivity contribution in [1.82, 2.24) is 5.32 Å². The zero-order valence-corrected chi connectivity index (χ0v) is 7.47. The molecule has 0 aliphatic rings. The first-order valence-corrected chi connectivity index (χ1v) is 3.68. The Labute approximate surface area is 67.2 Å². The number of Topliss-reactive ketones (excluding diaryl/α,β-unsaturated/α-hetero) is 2. The average Bonchev–Trinajstić information content (AvgIpc) is 1.88. The summed E-state index contributed by atoms with van der Waals surface area (Å²) in [4.78, 5) is 21.8. The van der Waals surface area contributed by atoms with Crippen molar-refractivity contribution in [1.29, 1.82) is 0 Å². The lowest BCUT2D eigenvalue weighted by Crippen LogP contribution is -2.41. The van der Waals surface area contributed by atoms with Gasteiger partial charge in [-0.3, -0.25) is 9.59 Å². The van der Waals surface area contributed by atoms with Crippen LogP contribution in [0.3, 0.4) is 0 Å². The number of carbonyl (C=O) groups excluding carboxylic acids is 2. The molecular formula is C8H15NO2. The number of hydrogen-bond acceptors (Lipinski definition) is 3. The Kier molecular flexibility index (Phi) is 3.97. The molecule has 3 heteroatoms. The second kappa shape index (κ2) is 4.23. The molecule has 11 heavy (non-hydrogen) atoms. The maximum Gasteiger partial charge on any atom is 0.147 e. The van der Waals surface area contributed by atoms with Crippen LogP contribution in [-0.2, 0) is 9.59 Å². The third-order valence-corrected chi connectivity index (χ3v) is 1.89. The molecule has 0 rings (SSSR count). The molecule has 0 aliphatic carbocycles. The van der Waals surface area contributed by atoms with Crippen LogP contribution in [0.2, 0.25) is 0 Å². The van der Waals surface area contributed by atoms with Crippen LogP contribution in [0.4, 0.5) is 0 Å². The van der Waals surface area contributed by atoms with Crippen LogP contribution in [-0.4, -0.2) is 24.7 Å². The highest BCUT2D eigenvalue weighted by Crippen LogP contribution is 2.04. The summed E-state index contributed by atoms with van der Waals surface area (Å²) in [5, 5.41) is 2.81. The smallest absolute Gasteiger partial charge is 0.147 e. The first-order valence-electron chi connectivity index (χ1n) is 3.68. The standard InChI is InChI=1S/C8H15NO2/c1-5(6(2)10)8(9-4)7(3)11/h5,8-9H,1-4H3. The summed E-state index contributed by atoms with van der Waals surface area (Å²) in [6.07, 6.45) is 0. The van der Waals surface area contributed by atoms with Crippen molar-refractivity contribution in [3.05, 3.63) is 0 Å². The molecule has 0 amide bonds. The summed E-state index contributed by atoms with van der Waals surface area (Å²) in [5.41, 5.74) is 0. The van der Waals surface area contributed by atoms with Crippen LogP contribution in [0.5, 0.6) is 0 Å². The van der Waals surface area contributed by atoms with Crippen molar-refractivity contribution in [2.24, 2.45) is 5.92 Å². The van der Waals surface area contributed by atoms with E-state index in [4.69, 9.17) is 0 Å². The SMILES string of the molecule is CNC(C(C)=O)C(C)C(C)=O. The lowest BCUT2D eigenvalue weighted by atomic mass is 9.95. The Morgan fingerprint density at radius 3 is 1.73 bits per heavy atom. The molecule has 0 spiro atoms. The van der Waals surface area contributed by atoms with Gasteiger partial charge in [-0.15, -0.1) is 0 Å². The maximum atomic E-state index is 10.9. The van der Waals surface area contributed by atoms with Gasteiger partial charge in [0.1, 0.15) is 11.6 Å². The van der Waals surface area contributed by atoms with E-state index in [2.05, 4.69) is 5.32 Å². The predicted octanol–water partition coefficient (Wildman–Crippen LogP) is 0.388. The number of carbonyl (C=O) groups is 2. The van der Waals surface area contributed by atoms with Gasteiger partial charge in [0.25, 0.3) is 0 Å². The van der Waals surface area contributed by atoms with Gasteiger partial charge in [0.2, 0.25) is 0 Å². The summed E-state index contributed by atoms with van der Waals surface area (Å²) in [7, 11) is 1.69. The molecule has 0 radical (unpaired) electrons. The van der Waals surface area contributed by atoms with E-state index in [9.17, 15) is 9.59 Å². The van der Waals surface area contributed by atoms with Gasteiger partial charge in [0, 0.05) is 5.92 Å². The molecule has 0 heterocycles. The lowest BCUT2D eigenvalue weighted by molar-refractivity contribution is -0.127. The van der Waals surface area contributed by atoms with E-state index < -0.39 is 0 Å². The first-order chi connectivity index (χ1) is 5.00. The van der Waals surface area contributed by atoms with E-state index >= 15 is 0 Å². The average molecular weight is 157 g/mol. The molecule has 0 aliphatic heterocycles. The fourth-order valence-corrected chi connectivity index (χ4v) is 1.04. The third kappa shape index (κ3) is 2.80. The van der Waals surface area contributed by atoms with Gasteiger partial charge in [-0.25, -0.2) is 0 Å². The molecule has 0 saturated heterocycles. The monoisotopic (exact) mass is 157 g/mol. The van der Waals surface area contributed by atoms with Crippen LogP contribution in [0.15, 0.2) is 0 Å². The first kappa shape index (κ1) is 10.3. The van der Waals surface area contributed by atoms with Crippen LogP contribution in [0.25, 0.3) is 0 Å². The van der Waals surface area contributed by atoms with E-state index in [1.807, 2.05) is 0 Å². The highest BCUT2D eigenvalue weighted by Gasteiger charge is 2.22. The number of ketones is 2. The number of nitrogens with one attached hydrogen (secondary N) is 1. The summed E-state index contributed by atoms with van der Waals surface area (Å²) in [5.74, 6) is -0.174. The van der Waals surface area contributed by atoms with E-state index in [0.717, 1.165) is 0 Å². The molecule has 0 fully saturated rings. The molecule has 3 nitrogen and oxygen atoms in total. The van der Waals surface area contributed by atoms with Crippen molar-refractivity contribution >= 4 is 11.6 Å². The van der Waals surface area contributed by atoms with Gasteiger partial charge < -0.3 is 5.32 Å². The summed E-state index contributed by atoms with van der Waals surface area (Å²) in [6, 6.07) is -0.326. The largest absolute Gasteiger partial charge is 0.310 e. The zero-order chi connectivity index (χ0) is 9.02. The van der Waals surface area contributed by atoms with Gasteiger partial charge in [0.05, 0.1) is 6.04 Å². The fourth-order valence-electron chi connectivity index (χ4n) is 1.04. The van der Waals surface area contributed by atoms with Crippen molar-refractivity contribution in [3.63, 3.8) is 0 Å². The van der Waals surface area contributed by atoms with E-state index in [1.54, 1.807) is 14.0 Å².